The summed E-state index contributed by atoms with van der Waals surface area (Å²) in [7, 11) is -3.65. The molecule has 0 aromatic carbocycles. The van der Waals surface area contributed by atoms with Crippen LogP contribution in [-0.4, -0.2) is 24.3 Å². The monoisotopic (exact) mass is 297 g/mol. The Kier molecular flexibility index (Phi) is 4.18. The molecule has 0 amide bonds. The minimum absolute atomic E-state index is 0.0755. The fourth-order valence-corrected chi connectivity index (χ4v) is 3.94. The highest BCUT2D eigenvalue weighted by atomic mass is 32.2. The average molecular weight is 297 g/mol. The number of pyridine rings is 1. The van der Waals surface area contributed by atoms with Gasteiger partial charge in [-0.25, -0.2) is 13.4 Å². The lowest BCUT2D eigenvalue weighted by Crippen LogP contribution is -2.31. The molecule has 0 saturated heterocycles. The second kappa shape index (κ2) is 5.68. The van der Waals surface area contributed by atoms with Crippen molar-refractivity contribution in [1.82, 2.24) is 9.29 Å². The number of nitrogen functional groups attached to an aromatic ring is 1. The van der Waals surface area contributed by atoms with Crippen molar-refractivity contribution >= 4 is 27.0 Å². The first-order chi connectivity index (χ1) is 9.05. The molecule has 0 spiro atoms. The lowest BCUT2D eigenvalue weighted by molar-refractivity contribution is 0.424. The van der Waals surface area contributed by atoms with Crippen LogP contribution in [0.1, 0.15) is 11.8 Å². The van der Waals surface area contributed by atoms with Gasteiger partial charge < -0.3 is 5.73 Å². The second-order valence-corrected chi connectivity index (χ2v) is 6.79. The van der Waals surface area contributed by atoms with Crippen molar-refractivity contribution in [1.29, 1.82) is 0 Å². The molecule has 2 rings (SSSR count). The Morgan fingerprint density at radius 2 is 2.16 bits per heavy atom. The third kappa shape index (κ3) is 2.94. The zero-order valence-electron chi connectivity index (χ0n) is 10.5. The molecule has 0 aliphatic rings. The quantitative estimate of drug-likeness (QED) is 0.915. The van der Waals surface area contributed by atoms with Gasteiger partial charge in [0.05, 0.1) is 5.69 Å². The number of rotatable bonds is 5. The molecule has 2 aromatic heterocycles. The van der Waals surface area contributed by atoms with Crippen molar-refractivity contribution < 1.29 is 8.42 Å². The van der Waals surface area contributed by atoms with Gasteiger partial charge in [0.25, 0.3) is 10.0 Å². The Morgan fingerprint density at radius 1 is 1.37 bits per heavy atom. The highest BCUT2D eigenvalue weighted by Crippen LogP contribution is 2.22. The molecule has 2 N–H and O–H groups in total. The maximum absolute atomic E-state index is 12.5. The largest absolute Gasteiger partial charge is 0.396 e. The standard InChI is InChI=1S/C12H15N3O2S2/c1-2-15(9-10-5-4-8-18-10)19(16,17)12-11(13)6-3-7-14-12/h3-8H,2,9,13H2,1H3. The maximum atomic E-state index is 12.5. The zero-order chi connectivity index (χ0) is 13.9. The summed E-state index contributed by atoms with van der Waals surface area (Å²) in [5.41, 5.74) is 5.88. The molecular weight excluding hydrogens is 282 g/mol. The lowest BCUT2D eigenvalue weighted by atomic mass is 10.4. The van der Waals surface area contributed by atoms with Gasteiger partial charge in [-0.15, -0.1) is 11.3 Å². The summed E-state index contributed by atoms with van der Waals surface area (Å²) < 4.78 is 26.4. The van der Waals surface area contributed by atoms with Gasteiger partial charge in [-0.1, -0.05) is 13.0 Å². The van der Waals surface area contributed by atoms with Crippen LogP contribution in [0.3, 0.4) is 0 Å². The molecule has 0 aliphatic carbocycles. The Labute approximate surface area is 116 Å². The zero-order valence-corrected chi connectivity index (χ0v) is 12.1. The molecule has 0 bridgehead atoms. The second-order valence-electron chi connectivity index (χ2n) is 3.91. The van der Waals surface area contributed by atoms with Crippen LogP contribution < -0.4 is 5.73 Å². The predicted molar refractivity (Wildman–Crippen MR) is 76.2 cm³/mol. The van der Waals surface area contributed by atoms with Crippen molar-refractivity contribution in [3.05, 3.63) is 40.7 Å². The summed E-state index contributed by atoms with van der Waals surface area (Å²) in [4.78, 5) is 4.88. The summed E-state index contributed by atoms with van der Waals surface area (Å²) in [6.45, 7) is 2.51. The number of anilines is 1. The Morgan fingerprint density at radius 3 is 2.74 bits per heavy atom. The molecule has 2 heterocycles. The fourth-order valence-electron chi connectivity index (χ4n) is 1.68. The van der Waals surface area contributed by atoms with E-state index in [2.05, 4.69) is 4.98 Å². The Bertz CT molecular complexity index is 639. The van der Waals surface area contributed by atoms with Gasteiger partial charge in [-0.3, -0.25) is 0 Å². The first-order valence-corrected chi connectivity index (χ1v) is 8.10. The van der Waals surface area contributed by atoms with Crippen LogP contribution in [-0.2, 0) is 16.6 Å². The van der Waals surface area contributed by atoms with E-state index in [0.29, 0.717) is 13.1 Å². The van der Waals surface area contributed by atoms with Crippen LogP contribution >= 0.6 is 11.3 Å². The maximum Gasteiger partial charge on any atom is 0.262 e. The molecule has 0 fully saturated rings. The van der Waals surface area contributed by atoms with Crippen molar-refractivity contribution in [3.63, 3.8) is 0 Å². The number of hydrogen-bond donors (Lipinski definition) is 1. The number of hydrogen-bond acceptors (Lipinski definition) is 5. The third-order valence-corrected chi connectivity index (χ3v) is 5.41. The summed E-state index contributed by atoms with van der Waals surface area (Å²) in [5.74, 6) is 0. The van der Waals surface area contributed by atoms with E-state index in [1.165, 1.54) is 21.8 Å². The van der Waals surface area contributed by atoms with E-state index in [0.717, 1.165) is 4.88 Å². The molecule has 5 nitrogen and oxygen atoms in total. The summed E-state index contributed by atoms with van der Waals surface area (Å²) in [5, 5.41) is 1.85. The van der Waals surface area contributed by atoms with Gasteiger partial charge in [0, 0.05) is 24.2 Å². The predicted octanol–water partition coefficient (Wildman–Crippen LogP) is 1.94. The van der Waals surface area contributed by atoms with Gasteiger partial charge in [0.2, 0.25) is 0 Å². The summed E-state index contributed by atoms with van der Waals surface area (Å²) in [6, 6.07) is 6.96. The minimum Gasteiger partial charge on any atom is -0.396 e. The first-order valence-electron chi connectivity index (χ1n) is 5.78. The van der Waals surface area contributed by atoms with E-state index >= 15 is 0 Å². The van der Waals surface area contributed by atoms with Crippen molar-refractivity contribution in [2.45, 2.75) is 18.5 Å². The molecule has 0 unspecified atom stereocenters. The van der Waals surface area contributed by atoms with Crippen LogP contribution in [0.15, 0.2) is 40.9 Å². The molecule has 19 heavy (non-hydrogen) atoms. The first kappa shape index (κ1) is 14.0. The van der Waals surface area contributed by atoms with Crippen molar-refractivity contribution in [2.75, 3.05) is 12.3 Å². The Hall–Kier alpha value is -1.44. The van der Waals surface area contributed by atoms with Crippen LogP contribution in [0.25, 0.3) is 0 Å². The van der Waals surface area contributed by atoms with Crippen LogP contribution in [0.4, 0.5) is 5.69 Å². The van der Waals surface area contributed by atoms with Gasteiger partial charge in [-0.2, -0.15) is 4.31 Å². The van der Waals surface area contributed by atoms with E-state index in [9.17, 15) is 8.42 Å². The number of nitrogens with two attached hydrogens (primary N) is 1. The van der Waals surface area contributed by atoms with Gasteiger partial charge >= 0.3 is 0 Å². The fraction of sp³-hybridized carbons (Fsp3) is 0.250. The van der Waals surface area contributed by atoms with E-state index in [-0.39, 0.29) is 10.7 Å². The highest BCUT2D eigenvalue weighted by molar-refractivity contribution is 7.89. The lowest BCUT2D eigenvalue weighted by Gasteiger charge is -2.19. The summed E-state index contributed by atoms with van der Waals surface area (Å²) >= 11 is 1.52. The number of thiophene rings is 1. The minimum atomic E-state index is -3.65. The molecule has 0 aliphatic heterocycles. The molecule has 7 heteroatoms. The molecule has 2 aromatic rings. The molecular formula is C12H15N3O2S2. The van der Waals surface area contributed by atoms with Crippen LogP contribution in [0.5, 0.6) is 0 Å². The van der Waals surface area contributed by atoms with Gasteiger partial charge in [0.15, 0.2) is 5.03 Å². The van der Waals surface area contributed by atoms with Crippen molar-refractivity contribution in [3.8, 4) is 0 Å². The van der Waals surface area contributed by atoms with E-state index in [4.69, 9.17) is 5.73 Å². The van der Waals surface area contributed by atoms with Crippen molar-refractivity contribution in [2.24, 2.45) is 0 Å². The Balaban J connectivity index is 2.34. The third-order valence-electron chi connectivity index (χ3n) is 2.65. The average Bonchev–Trinajstić information content (AvgIpc) is 2.89. The van der Waals surface area contributed by atoms with Gasteiger partial charge in [-0.05, 0) is 23.6 Å². The number of sulfonamides is 1. The van der Waals surface area contributed by atoms with E-state index in [1.54, 1.807) is 19.1 Å². The SMILES string of the molecule is CCN(Cc1cccs1)S(=O)(=O)c1ncccc1N. The van der Waals surface area contributed by atoms with Crippen LogP contribution in [0, 0.1) is 0 Å². The highest BCUT2D eigenvalue weighted by Gasteiger charge is 2.26. The van der Waals surface area contributed by atoms with Crippen LogP contribution in [0.2, 0.25) is 0 Å². The molecule has 0 saturated carbocycles. The van der Waals surface area contributed by atoms with E-state index in [1.807, 2.05) is 17.5 Å². The van der Waals surface area contributed by atoms with E-state index < -0.39 is 10.0 Å². The normalized spacial score (nSPS) is 11.9. The number of aromatic nitrogens is 1. The molecule has 102 valence electrons. The molecule has 0 atom stereocenters. The molecule has 0 radical (unpaired) electrons. The topological polar surface area (TPSA) is 76.3 Å². The summed E-state index contributed by atoms with van der Waals surface area (Å²) in [6.07, 6.45) is 1.43. The smallest absolute Gasteiger partial charge is 0.262 e. The van der Waals surface area contributed by atoms with Gasteiger partial charge in [0.1, 0.15) is 0 Å². The number of nitrogens with zero attached hydrogens (tertiary/aromatic N) is 2.